The molecule has 4 rings (SSSR count). The number of anilines is 1. The molecule has 0 unspecified atom stereocenters. The average Bonchev–Trinajstić information content (AvgIpc) is 3.04. The largest absolute Gasteiger partial charge is 0.360 e. The summed E-state index contributed by atoms with van der Waals surface area (Å²) in [5.74, 6) is -1.34. The number of hydrogen-bond donors (Lipinski definition) is 2. The Morgan fingerprint density at radius 3 is 2.80 bits per heavy atom. The lowest BCUT2D eigenvalue weighted by molar-refractivity contribution is -0.112. The van der Waals surface area contributed by atoms with Crippen molar-refractivity contribution in [1.29, 1.82) is 0 Å². The summed E-state index contributed by atoms with van der Waals surface area (Å²) in [6.45, 7) is 0. The number of ketones is 1. The lowest BCUT2D eigenvalue weighted by Gasteiger charge is -2.07. The van der Waals surface area contributed by atoms with Gasteiger partial charge in [-0.05, 0) is 24.3 Å². The molecule has 0 bridgehead atoms. The number of aromatic amines is 1. The second-order valence-corrected chi connectivity index (χ2v) is 5.99. The van der Waals surface area contributed by atoms with Crippen LogP contribution < -0.4 is 5.32 Å². The van der Waals surface area contributed by atoms with E-state index < -0.39 is 11.7 Å². The minimum Gasteiger partial charge on any atom is -0.360 e. The molecule has 0 aliphatic rings. The molecule has 0 saturated carbocycles. The van der Waals surface area contributed by atoms with Crippen LogP contribution in [-0.4, -0.2) is 21.7 Å². The molecule has 0 aliphatic carbocycles. The molecule has 1 amide bonds. The normalized spacial score (nSPS) is 10.9. The summed E-state index contributed by atoms with van der Waals surface area (Å²) in [6, 6.07) is 14.2. The minimum absolute atomic E-state index is 0.303. The fraction of sp³-hybridized carbons (Fsp3) is 0. The number of nitrogens with zero attached hydrogens (tertiary/aromatic N) is 1. The number of carbonyl (C=O) groups is 2. The second kappa shape index (κ2) is 6.03. The Hall–Kier alpha value is -3.18. The van der Waals surface area contributed by atoms with Crippen LogP contribution in [0.25, 0.3) is 21.8 Å². The highest BCUT2D eigenvalue weighted by Crippen LogP contribution is 2.24. The van der Waals surface area contributed by atoms with Crippen LogP contribution in [0.3, 0.4) is 0 Å². The number of Topliss-reactive ketones (excluding diaryl/α,β-unsaturated/α-hetero) is 1. The van der Waals surface area contributed by atoms with Crippen molar-refractivity contribution in [3.63, 3.8) is 0 Å². The monoisotopic (exact) mass is 349 g/mol. The van der Waals surface area contributed by atoms with Crippen LogP contribution in [0.5, 0.6) is 0 Å². The van der Waals surface area contributed by atoms with Crippen LogP contribution in [0.2, 0.25) is 5.02 Å². The van der Waals surface area contributed by atoms with E-state index in [2.05, 4.69) is 15.3 Å². The summed E-state index contributed by atoms with van der Waals surface area (Å²) in [7, 11) is 0. The van der Waals surface area contributed by atoms with Gasteiger partial charge in [0.2, 0.25) is 0 Å². The first-order chi connectivity index (χ1) is 12.1. The lowest BCUT2D eigenvalue weighted by Crippen LogP contribution is -2.22. The Kier molecular flexibility index (Phi) is 3.71. The van der Waals surface area contributed by atoms with Crippen molar-refractivity contribution in [2.45, 2.75) is 0 Å². The zero-order valence-electron chi connectivity index (χ0n) is 12.9. The van der Waals surface area contributed by atoms with Crippen molar-refractivity contribution in [1.82, 2.24) is 9.97 Å². The summed E-state index contributed by atoms with van der Waals surface area (Å²) in [4.78, 5) is 32.2. The highest BCUT2D eigenvalue weighted by atomic mass is 35.5. The summed E-state index contributed by atoms with van der Waals surface area (Å²) in [6.07, 6.45) is 3.16. The lowest BCUT2D eigenvalue weighted by atomic mass is 10.1. The maximum Gasteiger partial charge on any atom is 0.296 e. The Labute approximate surface area is 147 Å². The van der Waals surface area contributed by atoms with E-state index in [0.717, 1.165) is 5.39 Å². The van der Waals surface area contributed by atoms with Gasteiger partial charge in [0.05, 0.1) is 16.8 Å². The second-order valence-electron chi connectivity index (χ2n) is 5.56. The smallest absolute Gasteiger partial charge is 0.296 e. The number of fused-ring (bicyclic) bond motifs is 2. The molecular weight excluding hydrogens is 338 g/mol. The fourth-order valence-electron chi connectivity index (χ4n) is 2.79. The van der Waals surface area contributed by atoms with E-state index in [0.29, 0.717) is 32.7 Å². The first kappa shape index (κ1) is 15.4. The highest BCUT2D eigenvalue weighted by molar-refractivity contribution is 6.48. The number of H-pyrrole nitrogens is 1. The van der Waals surface area contributed by atoms with Gasteiger partial charge >= 0.3 is 0 Å². The number of para-hydroxylation sites is 1. The number of halogens is 1. The van der Waals surface area contributed by atoms with E-state index in [4.69, 9.17) is 11.6 Å². The number of pyridine rings is 1. The van der Waals surface area contributed by atoms with Gasteiger partial charge in [0, 0.05) is 33.7 Å². The van der Waals surface area contributed by atoms with Crippen molar-refractivity contribution >= 4 is 50.8 Å². The molecule has 2 heterocycles. The van der Waals surface area contributed by atoms with Crippen molar-refractivity contribution in [2.75, 3.05) is 5.32 Å². The van der Waals surface area contributed by atoms with Gasteiger partial charge in [0.15, 0.2) is 0 Å². The third kappa shape index (κ3) is 2.75. The maximum absolute atomic E-state index is 12.6. The van der Waals surface area contributed by atoms with E-state index in [1.165, 1.54) is 6.20 Å². The van der Waals surface area contributed by atoms with Crippen molar-refractivity contribution in [3.05, 3.63) is 71.5 Å². The molecule has 122 valence electrons. The zero-order chi connectivity index (χ0) is 17.4. The van der Waals surface area contributed by atoms with Gasteiger partial charge < -0.3 is 10.3 Å². The predicted octanol–water partition coefficient (Wildman–Crippen LogP) is 4.19. The molecule has 0 fully saturated rings. The SMILES string of the molecule is O=C(Nc1cccc2cccnc12)C(=O)c1c[nH]c2cc(Cl)ccc12. The van der Waals surface area contributed by atoms with Gasteiger partial charge in [-0.15, -0.1) is 0 Å². The van der Waals surface area contributed by atoms with E-state index in [1.54, 1.807) is 36.5 Å². The standard InChI is InChI=1S/C19H12ClN3O2/c20-12-6-7-13-14(10-22-16(13)9-12)18(24)19(25)23-15-5-1-3-11-4-2-8-21-17(11)15/h1-10,22H,(H,23,25). The molecule has 0 saturated heterocycles. The molecule has 2 N–H and O–H groups in total. The zero-order valence-corrected chi connectivity index (χ0v) is 13.7. The topological polar surface area (TPSA) is 74.8 Å². The molecule has 0 radical (unpaired) electrons. The first-order valence-corrected chi connectivity index (χ1v) is 7.97. The Bertz CT molecular complexity index is 1130. The van der Waals surface area contributed by atoms with Crippen LogP contribution in [0.1, 0.15) is 10.4 Å². The van der Waals surface area contributed by atoms with Gasteiger partial charge in [-0.25, -0.2) is 0 Å². The molecular formula is C19H12ClN3O2. The number of amides is 1. The number of rotatable bonds is 3. The Morgan fingerprint density at radius 1 is 1.08 bits per heavy atom. The molecule has 0 spiro atoms. The molecule has 25 heavy (non-hydrogen) atoms. The molecule has 6 heteroatoms. The Morgan fingerprint density at radius 2 is 1.92 bits per heavy atom. The van der Waals surface area contributed by atoms with Gasteiger partial charge in [-0.1, -0.05) is 35.9 Å². The van der Waals surface area contributed by atoms with E-state index in [9.17, 15) is 9.59 Å². The van der Waals surface area contributed by atoms with E-state index in [-0.39, 0.29) is 0 Å². The predicted molar refractivity (Wildman–Crippen MR) is 98.0 cm³/mol. The summed E-state index contributed by atoms with van der Waals surface area (Å²) < 4.78 is 0. The summed E-state index contributed by atoms with van der Waals surface area (Å²) in [5.41, 5.74) is 2.14. The van der Waals surface area contributed by atoms with Crippen LogP contribution in [-0.2, 0) is 4.79 Å². The molecule has 0 atom stereocenters. The molecule has 0 aliphatic heterocycles. The number of hydrogen-bond acceptors (Lipinski definition) is 3. The molecule has 5 nitrogen and oxygen atoms in total. The van der Waals surface area contributed by atoms with E-state index in [1.807, 2.05) is 18.2 Å². The van der Waals surface area contributed by atoms with Crippen molar-refractivity contribution in [2.24, 2.45) is 0 Å². The maximum atomic E-state index is 12.6. The summed E-state index contributed by atoms with van der Waals surface area (Å²) in [5, 5.41) is 4.75. The third-order valence-corrected chi connectivity index (χ3v) is 4.21. The minimum atomic E-state index is -0.714. The fourth-order valence-corrected chi connectivity index (χ4v) is 2.96. The molecule has 2 aromatic heterocycles. The number of aromatic nitrogens is 2. The van der Waals surface area contributed by atoms with Crippen LogP contribution in [0.15, 0.2) is 60.9 Å². The Balaban J connectivity index is 1.67. The third-order valence-electron chi connectivity index (χ3n) is 3.98. The van der Waals surface area contributed by atoms with Crippen LogP contribution >= 0.6 is 11.6 Å². The van der Waals surface area contributed by atoms with Crippen molar-refractivity contribution in [3.8, 4) is 0 Å². The van der Waals surface area contributed by atoms with Crippen molar-refractivity contribution < 1.29 is 9.59 Å². The number of nitrogens with one attached hydrogen (secondary N) is 2. The number of carbonyl (C=O) groups excluding carboxylic acids is 2. The first-order valence-electron chi connectivity index (χ1n) is 7.59. The van der Waals surface area contributed by atoms with E-state index >= 15 is 0 Å². The van der Waals surface area contributed by atoms with Gasteiger partial charge in [0.25, 0.3) is 11.7 Å². The summed E-state index contributed by atoms with van der Waals surface area (Å²) >= 11 is 5.94. The van der Waals surface area contributed by atoms with Gasteiger partial charge in [-0.2, -0.15) is 0 Å². The van der Waals surface area contributed by atoms with Crippen LogP contribution in [0, 0.1) is 0 Å². The van der Waals surface area contributed by atoms with Gasteiger partial charge in [-0.3, -0.25) is 14.6 Å². The number of benzene rings is 2. The molecule has 4 aromatic rings. The van der Waals surface area contributed by atoms with Crippen LogP contribution in [0.4, 0.5) is 5.69 Å². The average molecular weight is 350 g/mol. The highest BCUT2D eigenvalue weighted by Gasteiger charge is 2.21. The quantitative estimate of drug-likeness (QED) is 0.430. The van der Waals surface area contributed by atoms with Gasteiger partial charge in [0.1, 0.15) is 0 Å². The molecule has 2 aromatic carbocycles.